The van der Waals surface area contributed by atoms with Crippen LogP contribution in [0.4, 0.5) is 0 Å². The number of halogens is 1. The molecule has 0 heterocycles. The van der Waals surface area contributed by atoms with Gasteiger partial charge in [-0.3, -0.25) is 0 Å². The monoisotopic (exact) mass is 317 g/mol. The number of nitrogens with one attached hydrogen (secondary N) is 1. The van der Waals surface area contributed by atoms with E-state index in [-0.39, 0.29) is 0 Å². The maximum atomic E-state index is 3.57. The van der Waals surface area contributed by atoms with Gasteiger partial charge in [-0.1, -0.05) is 32.4 Å². The molecule has 0 spiro atoms. The summed E-state index contributed by atoms with van der Waals surface area (Å²) in [6.45, 7) is 7.78. The molecule has 0 aliphatic carbocycles. The molecule has 1 rings (SSSR count). The predicted octanol–water partition coefficient (Wildman–Crippen LogP) is 3.82. The maximum absolute atomic E-state index is 3.57. The molecule has 0 aliphatic heterocycles. The van der Waals surface area contributed by atoms with Crippen LogP contribution < -0.4 is 5.32 Å². The van der Waals surface area contributed by atoms with Crippen LogP contribution in [0, 0.1) is 9.49 Å². The Morgan fingerprint density at radius 3 is 2.33 bits per heavy atom. The molecule has 84 valence electrons. The smallest absolute Gasteiger partial charge is 0.0208 e. The lowest BCUT2D eigenvalue weighted by Crippen LogP contribution is -2.31. The van der Waals surface area contributed by atoms with Gasteiger partial charge in [0.05, 0.1) is 0 Å². The van der Waals surface area contributed by atoms with Crippen molar-refractivity contribution in [1.29, 1.82) is 0 Å². The van der Waals surface area contributed by atoms with Crippen LogP contribution in [0.15, 0.2) is 24.3 Å². The van der Waals surface area contributed by atoms with E-state index in [0.717, 1.165) is 12.5 Å². The highest BCUT2D eigenvalue weighted by Gasteiger charge is 2.08. The Hall–Kier alpha value is -0.0900. The number of hydrogen-bond acceptors (Lipinski definition) is 1. The largest absolute Gasteiger partial charge is 0.310 e. The summed E-state index contributed by atoms with van der Waals surface area (Å²) in [4.78, 5) is 0. The molecule has 1 N–H and O–H groups in total. The first-order chi connectivity index (χ1) is 7.13. The molecule has 2 unspecified atom stereocenters. The van der Waals surface area contributed by atoms with Crippen molar-refractivity contribution in [2.45, 2.75) is 39.8 Å². The van der Waals surface area contributed by atoms with Crippen LogP contribution in [0.5, 0.6) is 0 Å². The minimum Gasteiger partial charge on any atom is -0.310 e. The van der Waals surface area contributed by atoms with Gasteiger partial charge in [-0.15, -0.1) is 0 Å². The van der Waals surface area contributed by atoms with Crippen LogP contribution in [0.3, 0.4) is 0 Å². The molecule has 2 atom stereocenters. The fourth-order valence-corrected chi connectivity index (χ4v) is 1.80. The van der Waals surface area contributed by atoms with Crippen molar-refractivity contribution in [1.82, 2.24) is 5.32 Å². The molecule has 0 amide bonds. The van der Waals surface area contributed by atoms with Crippen molar-refractivity contribution in [3.8, 4) is 0 Å². The molecule has 2 heteroatoms. The first kappa shape index (κ1) is 13.0. The molecular weight excluding hydrogens is 297 g/mol. The Bertz CT molecular complexity index is 281. The van der Waals surface area contributed by atoms with E-state index >= 15 is 0 Å². The van der Waals surface area contributed by atoms with Gasteiger partial charge in [0.1, 0.15) is 0 Å². The van der Waals surface area contributed by atoms with Crippen LogP contribution in [0.1, 0.15) is 32.8 Å². The molecular formula is C13H20IN. The van der Waals surface area contributed by atoms with Crippen molar-refractivity contribution in [3.63, 3.8) is 0 Å². The molecule has 1 aromatic carbocycles. The van der Waals surface area contributed by atoms with Gasteiger partial charge in [0.15, 0.2) is 0 Å². The predicted molar refractivity (Wildman–Crippen MR) is 74.9 cm³/mol. The standard InChI is InChI=1S/C13H20IN/c1-4-10(2)11(3)15-9-12-5-7-13(14)8-6-12/h5-8,10-11,15H,4,9H2,1-3H3. The topological polar surface area (TPSA) is 12.0 Å². The Balaban J connectivity index is 2.40. The van der Waals surface area contributed by atoms with Crippen LogP contribution in [0.25, 0.3) is 0 Å². The van der Waals surface area contributed by atoms with E-state index in [4.69, 9.17) is 0 Å². The zero-order valence-electron chi connectivity index (χ0n) is 9.76. The number of rotatable bonds is 5. The first-order valence-corrected chi connectivity index (χ1v) is 6.69. The van der Waals surface area contributed by atoms with E-state index in [1.165, 1.54) is 15.6 Å². The quantitative estimate of drug-likeness (QED) is 0.814. The lowest BCUT2D eigenvalue weighted by Gasteiger charge is -2.19. The molecule has 1 aromatic rings. The van der Waals surface area contributed by atoms with Gasteiger partial charge in [0, 0.05) is 16.2 Å². The van der Waals surface area contributed by atoms with Gasteiger partial charge in [-0.2, -0.15) is 0 Å². The SMILES string of the molecule is CCC(C)C(C)NCc1ccc(I)cc1. The van der Waals surface area contributed by atoms with Crippen LogP contribution >= 0.6 is 22.6 Å². The molecule has 0 aliphatic rings. The van der Waals surface area contributed by atoms with Crippen LogP contribution in [-0.2, 0) is 6.54 Å². The zero-order valence-corrected chi connectivity index (χ0v) is 11.9. The van der Waals surface area contributed by atoms with Gasteiger partial charge < -0.3 is 5.32 Å². The third kappa shape index (κ3) is 4.51. The van der Waals surface area contributed by atoms with Crippen molar-refractivity contribution < 1.29 is 0 Å². The Labute approximate surface area is 107 Å². The summed E-state index contributed by atoms with van der Waals surface area (Å²) in [5.74, 6) is 0.744. The van der Waals surface area contributed by atoms with E-state index < -0.39 is 0 Å². The molecule has 1 nitrogen and oxygen atoms in total. The summed E-state index contributed by atoms with van der Waals surface area (Å²) in [7, 11) is 0. The lowest BCUT2D eigenvalue weighted by atomic mass is 10.0. The Morgan fingerprint density at radius 2 is 1.80 bits per heavy atom. The van der Waals surface area contributed by atoms with Gasteiger partial charge in [-0.05, 0) is 53.1 Å². The highest BCUT2D eigenvalue weighted by molar-refractivity contribution is 14.1. The Kier molecular flexibility index (Phi) is 5.61. The number of benzene rings is 1. The van der Waals surface area contributed by atoms with Crippen molar-refractivity contribution in [2.24, 2.45) is 5.92 Å². The summed E-state index contributed by atoms with van der Waals surface area (Å²) >= 11 is 2.33. The van der Waals surface area contributed by atoms with Gasteiger partial charge in [-0.25, -0.2) is 0 Å². The highest BCUT2D eigenvalue weighted by atomic mass is 127. The van der Waals surface area contributed by atoms with Crippen molar-refractivity contribution in [2.75, 3.05) is 0 Å². The third-order valence-corrected chi connectivity index (χ3v) is 3.76. The molecule has 15 heavy (non-hydrogen) atoms. The molecule has 0 radical (unpaired) electrons. The summed E-state index contributed by atoms with van der Waals surface area (Å²) < 4.78 is 1.30. The van der Waals surface area contributed by atoms with E-state index in [9.17, 15) is 0 Å². The van der Waals surface area contributed by atoms with Crippen LogP contribution in [-0.4, -0.2) is 6.04 Å². The zero-order chi connectivity index (χ0) is 11.3. The molecule has 0 fully saturated rings. The normalized spacial score (nSPS) is 14.9. The van der Waals surface area contributed by atoms with Crippen molar-refractivity contribution >= 4 is 22.6 Å². The summed E-state index contributed by atoms with van der Waals surface area (Å²) in [5, 5.41) is 3.57. The second-order valence-electron chi connectivity index (χ2n) is 4.18. The Morgan fingerprint density at radius 1 is 1.20 bits per heavy atom. The van der Waals surface area contributed by atoms with Gasteiger partial charge in [0.2, 0.25) is 0 Å². The van der Waals surface area contributed by atoms with E-state index in [1.807, 2.05) is 0 Å². The second-order valence-corrected chi connectivity index (χ2v) is 5.43. The molecule has 0 saturated carbocycles. The first-order valence-electron chi connectivity index (χ1n) is 5.61. The summed E-state index contributed by atoms with van der Waals surface area (Å²) in [5.41, 5.74) is 1.37. The van der Waals surface area contributed by atoms with Gasteiger partial charge >= 0.3 is 0 Å². The maximum Gasteiger partial charge on any atom is 0.0208 e. The number of hydrogen-bond donors (Lipinski definition) is 1. The molecule has 0 saturated heterocycles. The molecule has 0 bridgehead atoms. The third-order valence-electron chi connectivity index (χ3n) is 3.04. The minimum atomic E-state index is 0.592. The fraction of sp³-hybridized carbons (Fsp3) is 0.538. The van der Waals surface area contributed by atoms with Crippen molar-refractivity contribution in [3.05, 3.63) is 33.4 Å². The fourth-order valence-electron chi connectivity index (χ4n) is 1.44. The van der Waals surface area contributed by atoms with E-state index in [1.54, 1.807) is 0 Å². The van der Waals surface area contributed by atoms with Gasteiger partial charge in [0.25, 0.3) is 0 Å². The van der Waals surface area contributed by atoms with E-state index in [2.05, 4.69) is 72.9 Å². The highest BCUT2D eigenvalue weighted by Crippen LogP contribution is 2.09. The lowest BCUT2D eigenvalue weighted by molar-refractivity contribution is 0.389. The average molecular weight is 317 g/mol. The molecule has 0 aromatic heterocycles. The minimum absolute atomic E-state index is 0.592. The second kappa shape index (κ2) is 6.48. The average Bonchev–Trinajstić information content (AvgIpc) is 2.26. The summed E-state index contributed by atoms with van der Waals surface area (Å²) in [6, 6.07) is 9.29. The summed E-state index contributed by atoms with van der Waals surface area (Å²) in [6.07, 6.45) is 1.24. The van der Waals surface area contributed by atoms with E-state index in [0.29, 0.717) is 6.04 Å². The van der Waals surface area contributed by atoms with Crippen LogP contribution in [0.2, 0.25) is 0 Å².